The van der Waals surface area contributed by atoms with Crippen molar-refractivity contribution in [3.05, 3.63) is 30.1 Å². The molecule has 0 amide bonds. The Hall–Kier alpha value is -0.930. The van der Waals surface area contributed by atoms with Gasteiger partial charge in [0.05, 0.1) is 0 Å². The third-order valence-corrected chi connectivity index (χ3v) is 3.76. The van der Waals surface area contributed by atoms with Gasteiger partial charge in [-0.15, -0.1) is 0 Å². The Morgan fingerprint density at radius 1 is 1.22 bits per heavy atom. The lowest BCUT2D eigenvalue weighted by Crippen LogP contribution is -2.32. The molecule has 100 valence electrons. The van der Waals surface area contributed by atoms with Gasteiger partial charge in [-0.05, 0) is 70.1 Å². The van der Waals surface area contributed by atoms with Gasteiger partial charge in [0.25, 0.3) is 0 Å². The average molecular weight is 247 g/mol. The fourth-order valence-corrected chi connectivity index (χ4v) is 2.57. The maximum atomic E-state index is 4.05. The maximum Gasteiger partial charge on any atom is 0.0292 e. The minimum absolute atomic E-state index is 0.425. The van der Waals surface area contributed by atoms with Gasteiger partial charge in [-0.2, -0.15) is 0 Å². The van der Waals surface area contributed by atoms with E-state index in [9.17, 15) is 0 Å². The lowest BCUT2D eigenvalue weighted by molar-refractivity contribution is 0.225. The van der Waals surface area contributed by atoms with Crippen molar-refractivity contribution in [1.82, 2.24) is 15.2 Å². The van der Waals surface area contributed by atoms with Crippen LogP contribution in [-0.4, -0.2) is 36.1 Å². The first kappa shape index (κ1) is 13.5. The lowest BCUT2D eigenvalue weighted by Gasteiger charge is -2.26. The summed E-state index contributed by atoms with van der Waals surface area (Å²) in [6.07, 6.45) is 9.17. The summed E-state index contributed by atoms with van der Waals surface area (Å²) >= 11 is 0. The van der Waals surface area contributed by atoms with E-state index >= 15 is 0 Å². The Bertz CT molecular complexity index is 320. The molecule has 1 aromatic heterocycles. The zero-order chi connectivity index (χ0) is 12.6. The van der Waals surface area contributed by atoms with Crippen molar-refractivity contribution in [2.24, 2.45) is 0 Å². The van der Waals surface area contributed by atoms with Crippen molar-refractivity contribution in [2.75, 3.05) is 26.2 Å². The summed E-state index contributed by atoms with van der Waals surface area (Å²) in [6, 6.07) is 4.60. The molecule has 0 radical (unpaired) electrons. The topological polar surface area (TPSA) is 28.2 Å². The van der Waals surface area contributed by atoms with E-state index in [0.29, 0.717) is 6.04 Å². The number of nitrogens with zero attached hydrogens (tertiary/aromatic N) is 2. The van der Waals surface area contributed by atoms with Crippen molar-refractivity contribution in [2.45, 2.75) is 38.6 Å². The van der Waals surface area contributed by atoms with Crippen molar-refractivity contribution in [1.29, 1.82) is 0 Å². The van der Waals surface area contributed by atoms with Crippen LogP contribution in [0.5, 0.6) is 0 Å². The van der Waals surface area contributed by atoms with Crippen LogP contribution in [0.3, 0.4) is 0 Å². The first-order valence-electron chi connectivity index (χ1n) is 7.22. The molecule has 0 aliphatic carbocycles. The molecule has 2 rings (SSSR count). The number of aromatic nitrogens is 1. The van der Waals surface area contributed by atoms with E-state index in [1.165, 1.54) is 50.9 Å². The summed E-state index contributed by atoms with van der Waals surface area (Å²) in [4.78, 5) is 6.65. The van der Waals surface area contributed by atoms with Crippen molar-refractivity contribution in [3.63, 3.8) is 0 Å². The van der Waals surface area contributed by atoms with Gasteiger partial charge in [0.1, 0.15) is 0 Å². The van der Waals surface area contributed by atoms with Gasteiger partial charge in [0.2, 0.25) is 0 Å². The molecule has 1 unspecified atom stereocenters. The fourth-order valence-electron chi connectivity index (χ4n) is 2.57. The summed E-state index contributed by atoms with van der Waals surface area (Å²) in [5.41, 5.74) is 1.32. The first-order valence-corrected chi connectivity index (χ1v) is 7.22. The van der Waals surface area contributed by atoms with Crippen molar-refractivity contribution >= 4 is 0 Å². The standard InChI is InChI=1S/C15H25N3/c1-14(15-6-9-16-10-7-15)17-8-5-13-18-11-3-2-4-12-18/h6-7,9-10,14,17H,2-5,8,11-13H2,1H3. The van der Waals surface area contributed by atoms with E-state index in [4.69, 9.17) is 0 Å². The normalized spacial score (nSPS) is 18.7. The number of pyridine rings is 1. The zero-order valence-corrected chi connectivity index (χ0v) is 11.4. The Labute approximate surface area is 111 Å². The molecule has 1 N–H and O–H groups in total. The van der Waals surface area contributed by atoms with Gasteiger partial charge in [0.15, 0.2) is 0 Å². The molecule has 18 heavy (non-hydrogen) atoms. The Morgan fingerprint density at radius 3 is 2.67 bits per heavy atom. The lowest BCUT2D eigenvalue weighted by atomic mass is 10.1. The molecule has 0 bridgehead atoms. The van der Waals surface area contributed by atoms with Crippen LogP contribution in [-0.2, 0) is 0 Å². The Balaban J connectivity index is 1.60. The van der Waals surface area contributed by atoms with Gasteiger partial charge in [0, 0.05) is 18.4 Å². The monoisotopic (exact) mass is 247 g/mol. The van der Waals surface area contributed by atoms with Crippen molar-refractivity contribution in [3.8, 4) is 0 Å². The van der Waals surface area contributed by atoms with Crippen LogP contribution < -0.4 is 5.32 Å². The van der Waals surface area contributed by atoms with Crippen LogP contribution in [0, 0.1) is 0 Å². The molecule has 3 nitrogen and oxygen atoms in total. The second kappa shape index (κ2) is 7.49. The van der Waals surface area contributed by atoms with E-state index in [1.807, 2.05) is 12.4 Å². The predicted octanol–water partition coefficient (Wildman–Crippen LogP) is 2.61. The van der Waals surface area contributed by atoms with Crippen LogP contribution in [0.2, 0.25) is 0 Å². The minimum atomic E-state index is 0.425. The van der Waals surface area contributed by atoms with E-state index in [1.54, 1.807) is 0 Å². The number of piperidine rings is 1. The molecule has 1 saturated heterocycles. The van der Waals surface area contributed by atoms with Gasteiger partial charge < -0.3 is 10.2 Å². The number of rotatable bonds is 6. The van der Waals surface area contributed by atoms with Crippen LogP contribution in [0.25, 0.3) is 0 Å². The van der Waals surface area contributed by atoms with E-state index < -0.39 is 0 Å². The van der Waals surface area contributed by atoms with Crippen LogP contribution >= 0.6 is 0 Å². The van der Waals surface area contributed by atoms with E-state index in [2.05, 4.69) is 34.3 Å². The first-order chi connectivity index (χ1) is 8.86. The van der Waals surface area contributed by atoms with Gasteiger partial charge in [-0.3, -0.25) is 4.98 Å². The number of hydrogen-bond donors (Lipinski definition) is 1. The molecular formula is C15H25N3. The molecule has 3 heteroatoms. The predicted molar refractivity (Wildman–Crippen MR) is 75.6 cm³/mol. The van der Waals surface area contributed by atoms with Crippen LogP contribution in [0.1, 0.15) is 44.2 Å². The molecule has 0 aromatic carbocycles. The highest BCUT2D eigenvalue weighted by Crippen LogP contribution is 2.11. The summed E-state index contributed by atoms with van der Waals surface area (Å²) < 4.78 is 0. The van der Waals surface area contributed by atoms with Crippen LogP contribution in [0.4, 0.5) is 0 Å². The largest absolute Gasteiger partial charge is 0.310 e. The quantitative estimate of drug-likeness (QED) is 0.783. The summed E-state index contributed by atoms with van der Waals surface area (Å²) in [5, 5.41) is 3.58. The Morgan fingerprint density at radius 2 is 1.94 bits per heavy atom. The van der Waals surface area contributed by atoms with Gasteiger partial charge in [-0.1, -0.05) is 6.42 Å². The highest BCUT2D eigenvalue weighted by atomic mass is 15.1. The van der Waals surface area contributed by atoms with Crippen LogP contribution in [0.15, 0.2) is 24.5 Å². The molecule has 1 aromatic rings. The van der Waals surface area contributed by atoms with Gasteiger partial charge in [-0.25, -0.2) is 0 Å². The third kappa shape index (κ3) is 4.39. The fraction of sp³-hybridized carbons (Fsp3) is 0.667. The number of likely N-dealkylation sites (tertiary alicyclic amines) is 1. The number of hydrogen-bond acceptors (Lipinski definition) is 3. The molecule has 0 spiro atoms. The summed E-state index contributed by atoms with van der Waals surface area (Å²) in [6.45, 7) is 7.17. The highest BCUT2D eigenvalue weighted by molar-refractivity contribution is 5.13. The molecular weight excluding hydrogens is 222 g/mol. The zero-order valence-electron chi connectivity index (χ0n) is 11.4. The molecule has 0 saturated carbocycles. The maximum absolute atomic E-state index is 4.05. The molecule has 2 heterocycles. The highest BCUT2D eigenvalue weighted by Gasteiger charge is 2.09. The smallest absolute Gasteiger partial charge is 0.0292 e. The second-order valence-electron chi connectivity index (χ2n) is 5.21. The van der Waals surface area contributed by atoms with Crippen molar-refractivity contribution < 1.29 is 0 Å². The minimum Gasteiger partial charge on any atom is -0.310 e. The van der Waals surface area contributed by atoms with Gasteiger partial charge >= 0.3 is 0 Å². The molecule has 1 fully saturated rings. The SMILES string of the molecule is CC(NCCCN1CCCCC1)c1ccncc1. The Kier molecular flexibility index (Phi) is 5.62. The number of nitrogens with one attached hydrogen (secondary N) is 1. The molecule has 1 atom stereocenters. The second-order valence-corrected chi connectivity index (χ2v) is 5.21. The molecule has 1 aliphatic rings. The van der Waals surface area contributed by atoms with E-state index in [-0.39, 0.29) is 0 Å². The van der Waals surface area contributed by atoms with E-state index in [0.717, 1.165) is 6.54 Å². The molecule has 1 aliphatic heterocycles. The third-order valence-electron chi connectivity index (χ3n) is 3.76. The average Bonchev–Trinajstić information content (AvgIpc) is 2.45. The summed E-state index contributed by atoms with van der Waals surface area (Å²) in [5.74, 6) is 0. The summed E-state index contributed by atoms with van der Waals surface area (Å²) in [7, 11) is 0.